The molecule has 4 N–H and O–H groups in total. The summed E-state index contributed by atoms with van der Waals surface area (Å²) in [4.78, 5) is 22.2. The highest BCUT2D eigenvalue weighted by atomic mass is 16.4. The predicted molar refractivity (Wildman–Crippen MR) is 66.1 cm³/mol. The van der Waals surface area contributed by atoms with Crippen molar-refractivity contribution in [2.24, 2.45) is 5.92 Å². The normalized spacial score (nSPS) is 20.1. The molecule has 1 amide bonds. The van der Waals surface area contributed by atoms with Gasteiger partial charge in [-0.2, -0.15) is 0 Å². The van der Waals surface area contributed by atoms with Gasteiger partial charge in [-0.05, 0) is 38.8 Å². The molecule has 0 aliphatic carbocycles. The summed E-state index contributed by atoms with van der Waals surface area (Å²) in [5.74, 6) is -0.809. The third-order valence-corrected chi connectivity index (χ3v) is 3.13. The second-order valence-electron chi connectivity index (χ2n) is 5.24. The van der Waals surface area contributed by atoms with Crippen LogP contribution in [0.2, 0.25) is 0 Å². The van der Waals surface area contributed by atoms with Gasteiger partial charge in [0.05, 0.1) is 12.0 Å². The molecule has 0 aromatic carbocycles. The van der Waals surface area contributed by atoms with Gasteiger partial charge >= 0.3 is 5.97 Å². The van der Waals surface area contributed by atoms with Crippen LogP contribution in [0, 0.1) is 5.92 Å². The van der Waals surface area contributed by atoms with Gasteiger partial charge < -0.3 is 20.8 Å². The second kappa shape index (κ2) is 6.70. The standard InChI is InChI=1S/C12H22N2O4/c1-12(18,7-11(16)17)8-14-10(15)6-9-2-4-13-5-3-9/h9,13,18H,2-8H2,1H3,(H,14,15)(H,16,17). The minimum atomic E-state index is -1.39. The molecule has 6 heteroatoms. The van der Waals surface area contributed by atoms with Gasteiger partial charge in [-0.1, -0.05) is 0 Å². The topological polar surface area (TPSA) is 98.7 Å². The molecule has 6 nitrogen and oxygen atoms in total. The molecular formula is C12H22N2O4. The van der Waals surface area contributed by atoms with Gasteiger partial charge in [-0.25, -0.2) is 0 Å². The monoisotopic (exact) mass is 258 g/mol. The summed E-state index contributed by atoms with van der Waals surface area (Å²) in [6, 6.07) is 0. The lowest BCUT2D eigenvalue weighted by atomic mass is 9.94. The van der Waals surface area contributed by atoms with E-state index in [0.717, 1.165) is 25.9 Å². The lowest BCUT2D eigenvalue weighted by Crippen LogP contribution is -2.43. The van der Waals surface area contributed by atoms with Crippen molar-refractivity contribution in [3.63, 3.8) is 0 Å². The van der Waals surface area contributed by atoms with Crippen LogP contribution in [-0.4, -0.2) is 47.3 Å². The Balaban J connectivity index is 2.25. The number of carbonyl (C=O) groups is 2. The van der Waals surface area contributed by atoms with Crippen molar-refractivity contribution in [3.8, 4) is 0 Å². The summed E-state index contributed by atoms with van der Waals surface area (Å²) in [5.41, 5.74) is -1.39. The van der Waals surface area contributed by atoms with Crippen molar-refractivity contribution in [2.45, 2.75) is 38.2 Å². The van der Waals surface area contributed by atoms with Crippen molar-refractivity contribution in [3.05, 3.63) is 0 Å². The molecule has 0 saturated carbocycles. The average molecular weight is 258 g/mol. The molecule has 1 fully saturated rings. The van der Waals surface area contributed by atoms with Gasteiger partial charge in [0.2, 0.25) is 5.91 Å². The van der Waals surface area contributed by atoms with E-state index in [4.69, 9.17) is 5.11 Å². The highest BCUT2D eigenvalue weighted by Gasteiger charge is 2.25. The number of carboxylic acids is 1. The van der Waals surface area contributed by atoms with Gasteiger partial charge in [-0.3, -0.25) is 9.59 Å². The van der Waals surface area contributed by atoms with Crippen LogP contribution in [-0.2, 0) is 9.59 Å². The fourth-order valence-corrected chi connectivity index (χ4v) is 2.10. The number of hydrogen-bond donors (Lipinski definition) is 4. The maximum atomic E-state index is 11.7. The first kappa shape index (κ1) is 14.9. The molecule has 1 heterocycles. The zero-order valence-corrected chi connectivity index (χ0v) is 10.7. The Bertz CT molecular complexity index is 298. The summed E-state index contributed by atoms with van der Waals surface area (Å²) in [6.07, 6.45) is 2.04. The van der Waals surface area contributed by atoms with Crippen LogP contribution in [0.5, 0.6) is 0 Å². The van der Waals surface area contributed by atoms with E-state index in [0.29, 0.717) is 12.3 Å². The largest absolute Gasteiger partial charge is 0.481 e. The van der Waals surface area contributed by atoms with Gasteiger partial charge in [-0.15, -0.1) is 0 Å². The minimum Gasteiger partial charge on any atom is -0.481 e. The van der Waals surface area contributed by atoms with Crippen molar-refractivity contribution in [2.75, 3.05) is 19.6 Å². The molecule has 18 heavy (non-hydrogen) atoms. The third-order valence-electron chi connectivity index (χ3n) is 3.13. The zero-order valence-electron chi connectivity index (χ0n) is 10.7. The Labute approximate surface area is 107 Å². The highest BCUT2D eigenvalue weighted by Crippen LogP contribution is 2.15. The van der Waals surface area contributed by atoms with Gasteiger partial charge in [0, 0.05) is 13.0 Å². The van der Waals surface area contributed by atoms with E-state index in [1.807, 2.05) is 0 Å². The molecule has 0 spiro atoms. The molecule has 1 unspecified atom stereocenters. The predicted octanol–water partition coefficient (Wildman–Crippen LogP) is -0.282. The molecule has 1 rings (SSSR count). The summed E-state index contributed by atoms with van der Waals surface area (Å²) in [6.45, 7) is 3.26. The van der Waals surface area contributed by atoms with E-state index in [9.17, 15) is 14.7 Å². The third kappa shape index (κ3) is 5.97. The summed E-state index contributed by atoms with van der Waals surface area (Å²) < 4.78 is 0. The molecule has 1 aliphatic rings. The van der Waals surface area contributed by atoms with Crippen LogP contribution >= 0.6 is 0 Å². The fraction of sp³-hybridized carbons (Fsp3) is 0.833. The number of hydrogen-bond acceptors (Lipinski definition) is 4. The average Bonchev–Trinajstić information content (AvgIpc) is 2.26. The molecular weight excluding hydrogens is 236 g/mol. The quantitative estimate of drug-likeness (QED) is 0.525. The SMILES string of the molecule is CC(O)(CNC(=O)CC1CCNCC1)CC(=O)O. The number of piperidine rings is 1. The fourth-order valence-electron chi connectivity index (χ4n) is 2.10. The number of carboxylic acid groups (broad SMARTS) is 1. The van der Waals surface area contributed by atoms with Crippen molar-refractivity contribution in [1.29, 1.82) is 0 Å². The van der Waals surface area contributed by atoms with Crippen LogP contribution in [0.4, 0.5) is 0 Å². The molecule has 0 aromatic heterocycles. The summed E-state index contributed by atoms with van der Waals surface area (Å²) in [5, 5.41) is 24.2. The molecule has 1 aliphatic heterocycles. The first-order chi connectivity index (χ1) is 8.39. The second-order valence-corrected chi connectivity index (χ2v) is 5.24. The highest BCUT2D eigenvalue weighted by molar-refractivity contribution is 5.76. The van der Waals surface area contributed by atoms with Gasteiger partial charge in [0.15, 0.2) is 0 Å². The molecule has 0 radical (unpaired) electrons. The van der Waals surface area contributed by atoms with Gasteiger partial charge in [0.1, 0.15) is 0 Å². The van der Waals surface area contributed by atoms with E-state index < -0.39 is 11.6 Å². The number of aliphatic hydroxyl groups is 1. The van der Waals surface area contributed by atoms with Crippen LogP contribution in [0.3, 0.4) is 0 Å². The van der Waals surface area contributed by atoms with Crippen LogP contribution < -0.4 is 10.6 Å². The lowest BCUT2D eigenvalue weighted by Gasteiger charge is -2.24. The molecule has 1 atom stereocenters. The Kier molecular flexibility index (Phi) is 5.55. The lowest BCUT2D eigenvalue weighted by molar-refractivity contribution is -0.142. The van der Waals surface area contributed by atoms with Crippen LogP contribution in [0.1, 0.15) is 32.6 Å². The summed E-state index contributed by atoms with van der Waals surface area (Å²) in [7, 11) is 0. The Morgan fingerprint density at radius 2 is 2.00 bits per heavy atom. The number of rotatable bonds is 6. The van der Waals surface area contributed by atoms with E-state index in [2.05, 4.69) is 10.6 Å². The van der Waals surface area contributed by atoms with Crippen LogP contribution in [0.15, 0.2) is 0 Å². The van der Waals surface area contributed by atoms with Crippen LogP contribution in [0.25, 0.3) is 0 Å². The number of carbonyl (C=O) groups excluding carboxylic acids is 1. The van der Waals surface area contributed by atoms with E-state index >= 15 is 0 Å². The Morgan fingerprint density at radius 1 is 1.39 bits per heavy atom. The van der Waals surface area contributed by atoms with E-state index in [-0.39, 0.29) is 18.9 Å². The van der Waals surface area contributed by atoms with Gasteiger partial charge in [0.25, 0.3) is 0 Å². The summed E-state index contributed by atoms with van der Waals surface area (Å²) >= 11 is 0. The van der Waals surface area contributed by atoms with E-state index in [1.54, 1.807) is 0 Å². The maximum Gasteiger partial charge on any atom is 0.306 e. The molecule has 1 saturated heterocycles. The molecule has 104 valence electrons. The van der Waals surface area contributed by atoms with Crippen molar-refractivity contribution < 1.29 is 19.8 Å². The van der Waals surface area contributed by atoms with E-state index in [1.165, 1.54) is 6.92 Å². The Morgan fingerprint density at radius 3 is 2.56 bits per heavy atom. The Hall–Kier alpha value is -1.14. The van der Waals surface area contributed by atoms with Crippen molar-refractivity contribution in [1.82, 2.24) is 10.6 Å². The number of aliphatic carboxylic acids is 1. The zero-order chi connectivity index (χ0) is 13.6. The number of nitrogens with one attached hydrogen (secondary N) is 2. The smallest absolute Gasteiger partial charge is 0.306 e. The minimum absolute atomic E-state index is 0.0247. The first-order valence-corrected chi connectivity index (χ1v) is 6.31. The number of amides is 1. The van der Waals surface area contributed by atoms with Crippen molar-refractivity contribution >= 4 is 11.9 Å². The first-order valence-electron chi connectivity index (χ1n) is 6.31. The molecule has 0 aromatic rings. The maximum absolute atomic E-state index is 11.7. The molecule has 0 bridgehead atoms.